The van der Waals surface area contributed by atoms with Crippen molar-refractivity contribution in [2.45, 2.75) is 18.7 Å². The van der Waals surface area contributed by atoms with Crippen LogP contribution in [0.1, 0.15) is 21.4 Å². The normalized spacial score (nSPS) is 12.7. The molecule has 0 saturated carbocycles. The molecule has 19 heavy (non-hydrogen) atoms. The van der Waals surface area contributed by atoms with Gasteiger partial charge in [0.1, 0.15) is 0 Å². The van der Waals surface area contributed by atoms with Crippen molar-refractivity contribution in [3.63, 3.8) is 0 Å². The van der Waals surface area contributed by atoms with Crippen LogP contribution in [0.15, 0.2) is 54.6 Å². The molecule has 1 atom stereocenters. The zero-order valence-corrected chi connectivity index (χ0v) is 12.3. The van der Waals surface area contributed by atoms with Crippen LogP contribution in [-0.2, 0) is 6.42 Å². The summed E-state index contributed by atoms with van der Waals surface area (Å²) in [5.74, 6) is 0. The first-order valence-corrected chi connectivity index (χ1v) is 7.66. The maximum absolute atomic E-state index is 6.56. The molecule has 0 bridgehead atoms. The Labute approximate surface area is 122 Å². The van der Waals surface area contributed by atoms with Crippen molar-refractivity contribution in [1.82, 2.24) is 0 Å². The summed E-state index contributed by atoms with van der Waals surface area (Å²) in [7, 11) is 0. The van der Waals surface area contributed by atoms with E-state index in [0.717, 1.165) is 6.42 Å². The standard InChI is InChI=1S/C17H15ClS/c1-12-6-8-13(9-7-12)10-15(18)17-11-14-4-2-3-5-16(14)19-17/h2-9,11,15H,10H2,1H3. The van der Waals surface area contributed by atoms with Gasteiger partial charge in [0.25, 0.3) is 0 Å². The lowest BCUT2D eigenvalue weighted by Crippen LogP contribution is -1.93. The summed E-state index contributed by atoms with van der Waals surface area (Å²) in [6.45, 7) is 2.11. The number of halogens is 1. The van der Waals surface area contributed by atoms with E-state index in [9.17, 15) is 0 Å². The molecule has 3 aromatic rings. The fourth-order valence-electron chi connectivity index (χ4n) is 2.19. The van der Waals surface area contributed by atoms with Gasteiger partial charge in [-0.3, -0.25) is 0 Å². The Kier molecular flexibility index (Phi) is 3.58. The predicted octanol–water partition coefficient (Wildman–Crippen LogP) is 5.73. The summed E-state index contributed by atoms with van der Waals surface area (Å²) in [5, 5.41) is 1.34. The van der Waals surface area contributed by atoms with E-state index in [1.165, 1.54) is 26.1 Å². The van der Waals surface area contributed by atoms with Crippen molar-refractivity contribution in [3.05, 3.63) is 70.6 Å². The van der Waals surface area contributed by atoms with Crippen molar-refractivity contribution >= 4 is 33.0 Å². The summed E-state index contributed by atoms with van der Waals surface area (Å²) in [4.78, 5) is 1.25. The maximum atomic E-state index is 6.56. The molecule has 1 unspecified atom stereocenters. The van der Waals surface area contributed by atoms with E-state index in [4.69, 9.17) is 11.6 Å². The number of aryl methyl sites for hydroxylation is 1. The molecule has 1 aromatic heterocycles. The molecule has 96 valence electrons. The second kappa shape index (κ2) is 5.36. The third-order valence-corrected chi connectivity index (χ3v) is 5.04. The Bertz CT molecular complexity index is 649. The molecule has 0 radical (unpaired) electrons. The Morgan fingerprint density at radius 1 is 1.05 bits per heavy atom. The summed E-state index contributed by atoms with van der Waals surface area (Å²) in [6.07, 6.45) is 0.884. The second-order valence-corrected chi connectivity index (χ2v) is 6.49. The molecule has 0 saturated heterocycles. The van der Waals surface area contributed by atoms with Gasteiger partial charge in [-0.25, -0.2) is 0 Å². The third-order valence-electron chi connectivity index (χ3n) is 3.29. The highest BCUT2D eigenvalue weighted by Crippen LogP contribution is 2.34. The quantitative estimate of drug-likeness (QED) is 0.539. The minimum Gasteiger partial charge on any atom is -0.139 e. The molecule has 2 heteroatoms. The molecule has 0 aliphatic rings. The van der Waals surface area contributed by atoms with Crippen LogP contribution in [0.4, 0.5) is 0 Å². The van der Waals surface area contributed by atoms with E-state index in [1.54, 1.807) is 11.3 Å². The van der Waals surface area contributed by atoms with Crippen LogP contribution < -0.4 is 0 Å². The molecular formula is C17H15ClS. The summed E-state index contributed by atoms with van der Waals surface area (Å²) >= 11 is 8.36. The number of hydrogen-bond acceptors (Lipinski definition) is 1. The first-order chi connectivity index (χ1) is 9.22. The van der Waals surface area contributed by atoms with Crippen molar-refractivity contribution in [1.29, 1.82) is 0 Å². The van der Waals surface area contributed by atoms with Crippen LogP contribution in [0.5, 0.6) is 0 Å². The maximum Gasteiger partial charge on any atom is 0.0719 e. The van der Waals surface area contributed by atoms with Crippen LogP contribution in [-0.4, -0.2) is 0 Å². The molecule has 0 N–H and O–H groups in total. The molecule has 2 aromatic carbocycles. The Morgan fingerprint density at radius 3 is 2.53 bits per heavy atom. The van der Waals surface area contributed by atoms with E-state index in [2.05, 4.69) is 61.5 Å². The van der Waals surface area contributed by atoms with E-state index < -0.39 is 0 Å². The van der Waals surface area contributed by atoms with Gasteiger partial charge in [-0.15, -0.1) is 22.9 Å². The zero-order chi connectivity index (χ0) is 13.2. The fraction of sp³-hybridized carbons (Fsp3) is 0.176. The lowest BCUT2D eigenvalue weighted by molar-refractivity contribution is 0.940. The number of benzene rings is 2. The Morgan fingerprint density at radius 2 is 1.79 bits per heavy atom. The van der Waals surface area contributed by atoms with Gasteiger partial charge in [0.2, 0.25) is 0 Å². The van der Waals surface area contributed by atoms with Gasteiger partial charge in [-0.05, 0) is 36.4 Å². The number of rotatable bonds is 3. The summed E-state index contributed by atoms with van der Waals surface area (Å²) in [6, 6.07) is 19.3. The molecule has 0 nitrogen and oxygen atoms in total. The largest absolute Gasteiger partial charge is 0.139 e. The second-order valence-electron chi connectivity index (χ2n) is 4.84. The van der Waals surface area contributed by atoms with Crippen molar-refractivity contribution in [2.75, 3.05) is 0 Å². The predicted molar refractivity (Wildman–Crippen MR) is 85.3 cm³/mol. The highest BCUT2D eigenvalue weighted by molar-refractivity contribution is 7.19. The minimum absolute atomic E-state index is 0.0557. The Hall–Kier alpha value is -1.31. The average molecular weight is 287 g/mol. The lowest BCUT2D eigenvalue weighted by atomic mass is 10.1. The van der Waals surface area contributed by atoms with Crippen LogP contribution in [0.3, 0.4) is 0 Å². The molecule has 0 aliphatic heterocycles. The molecule has 0 aliphatic carbocycles. The van der Waals surface area contributed by atoms with Gasteiger partial charge >= 0.3 is 0 Å². The van der Waals surface area contributed by atoms with Gasteiger partial charge in [-0.2, -0.15) is 0 Å². The number of alkyl halides is 1. The third kappa shape index (κ3) is 2.83. The van der Waals surface area contributed by atoms with E-state index in [-0.39, 0.29) is 5.38 Å². The highest BCUT2D eigenvalue weighted by Gasteiger charge is 2.12. The highest BCUT2D eigenvalue weighted by atomic mass is 35.5. The number of fused-ring (bicyclic) bond motifs is 1. The van der Waals surface area contributed by atoms with Crippen LogP contribution in [0, 0.1) is 6.92 Å². The van der Waals surface area contributed by atoms with Crippen molar-refractivity contribution in [3.8, 4) is 0 Å². The Balaban J connectivity index is 1.83. The van der Waals surface area contributed by atoms with E-state index in [0.29, 0.717) is 0 Å². The molecule has 1 heterocycles. The van der Waals surface area contributed by atoms with Crippen LogP contribution >= 0.6 is 22.9 Å². The van der Waals surface area contributed by atoms with Crippen LogP contribution in [0.2, 0.25) is 0 Å². The van der Waals surface area contributed by atoms with E-state index in [1.807, 2.05) is 0 Å². The molecular weight excluding hydrogens is 272 g/mol. The van der Waals surface area contributed by atoms with Crippen molar-refractivity contribution in [2.24, 2.45) is 0 Å². The molecule has 0 spiro atoms. The smallest absolute Gasteiger partial charge is 0.0719 e. The van der Waals surface area contributed by atoms with Gasteiger partial charge in [0.15, 0.2) is 0 Å². The van der Waals surface area contributed by atoms with Gasteiger partial charge < -0.3 is 0 Å². The van der Waals surface area contributed by atoms with Gasteiger partial charge in [0, 0.05) is 9.58 Å². The van der Waals surface area contributed by atoms with Gasteiger partial charge in [0.05, 0.1) is 5.38 Å². The average Bonchev–Trinajstić information content (AvgIpc) is 2.85. The number of thiophene rings is 1. The fourth-order valence-corrected chi connectivity index (χ4v) is 3.61. The van der Waals surface area contributed by atoms with E-state index >= 15 is 0 Å². The molecule has 0 amide bonds. The van der Waals surface area contributed by atoms with Crippen molar-refractivity contribution < 1.29 is 0 Å². The minimum atomic E-state index is 0.0557. The summed E-state index contributed by atoms with van der Waals surface area (Å²) < 4.78 is 1.31. The number of hydrogen-bond donors (Lipinski definition) is 0. The van der Waals surface area contributed by atoms with Gasteiger partial charge in [-0.1, -0.05) is 48.0 Å². The molecule has 3 rings (SSSR count). The summed E-state index contributed by atoms with van der Waals surface area (Å²) in [5.41, 5.74) is 2.58. The monoisotopic (exact) mass is 286 g/mol. The first kappa shape index (κ1) is 12.7. The lowest BCUT2D eigenvalue weighted by Gasteiger charge is -2.07. The first-order valence-electron chi connectivity index (χ1n) is 6.40. The topological polar surface area (TPSA) is 0 Å². The SMILES string of the molecule is Cc1ccc(CC(Cl)c2cc3ccccc3s2)cc1. The van der Waals surface area contributed by atoms with Crippen LogP contribution in [0.25, 0.3) is 10.1 Å². The molecule has 0 fully saturated rings. The zero-order valence-electron chi connectivity index (χ0n) is 10.8.